The number of ether oxygens (including phenoxy) is 2. The topological polar surface area (TPSA) is 149 Å². The van der Waals surface area contributed by atoms with Gasteiger partial charge in [0.05, 0.1) is 29.8 Å². The molecule has 0 radical (unpaired) electrons. The highest BCUT2D eigenvalue weighted by Crippen LogP contribution is 2.31. The molecular formula is C23H27N3O8S3. The summed E-state index contributed by atoms with van der Waals surface area (Å²) >= 11 is 0. The molecule has 14 heteroatoms. The normalized spacial score (nSPS) is 12.4. The van der Waals surface area contributed by atoms with Crippen molar-refractivity contribution in [3.8, 4) is 11.5 Å². The van der Waals surface area contributed by atoms with Crippen molar-refractivity contribution in [1.82, 2.24) is 13.4 Å². The van der Waals surface area contributed by atoms with Crippen LogP contribution in [-0.4, -0.2) is 67.0 Å². The Labute approximate surface area is 217 Å². The number of rotatable bonds is 13. The van der Waals surface area contributed by atoms with Gasteiger partial charge in [0.2, 0.25) is 20.0 Å². The van der Waals surface area contributed by atoms with Crippen molar-refractivity contribution in [3.63, 3.8) is 0 Å². The van der Waals surface area contributed by atoms with Crippen molar-refractivity contribution in [2.24, 2.45) is 0 Å². The molecule has 3 rings (SSSR count). The van der Waals surface area contributed by atoms with Crippen molar-refractivity contribution in [2.45, 2.75) is 16.2 Å². The van der Waals surface area contributed by atoms with Crippen LogP contribution in [0.1, 0.15) is 5.56 Å². The molecule has 37 heavy (non-hydrogen) atoms. The van der Waals surface area contributed by atoms with Crippen LogP contribution in [0, 0.1) is 0 Å². The van der Waals surface area contributed by atoms with Crippen LogP contribution in [0.25, 0.3) is 0 Å². The molecule has 0 aliphatic rings. The van der Waals surface area contributed by atoms with E-state index in [2.05, 4.69) is 9.71 Å². The SMILES string of the molecule is COc1ccc(S(=O)(=O)N(CCc2cccnc2)S(=O)(=O)CCNS(=O)(=O)c2ccccc2)cc1OC. The Morgan fingerprint density at radius 2 is 1.54 bits per heavy atom. The Balaban J connectivity index is 1.90. The minimum atomic E-state index is -4.59. The molecule has 1 heterocycles. The Hall–Kier alpha value is -3.04. The van der Waals surface area contributed by atoms with Crippen LogP contribution in [0.2, 0.25) is 0 Å². The summed E-state index contributed by atoms with van der Waals surface area (Å²) in [5.41, 5.74) is 0.620. The summed E-state index contributed by atoms with van der Waals surface area (Å²) in [4.78, 5) is 3.60. The van der Waals surface area contributed by atoms with Gasteiger partial charge in [-0.2, -0.15) is 0 Å². The maximum absolute atomic E-state index is 13.5. The van der Waals surface area contributed by atoms with Crippen LogP contribution >= 0.6 is 0 Å². The summed E-state index contributed by atoms with van der Waals surface area (Å²) < 4.78 is 91.6. The highest BCUT2D eigenvalue weighted by Gasteiger charge is 2.35. The van der Waals surface area contributed by atoms with E-state index >= 15 is 0 Å². The smallest absolute Gasteiger partial charge is 0.256 e. The lowest BCUT2D eigenvalue weighted by molar-refractivity contribution is 0.353. The summed E-state index contributed by atoms with van der Waals surface area (Å²) in [6.45, 7) is -0.958. The number of hydrogen-bond donors (Lipinski definition) is 1. The lowest BCUT2D eigenvalue weighted by atomic mass is 10.2. The maximum atomic E-state index is 13.5. The van der Waals surface area contributed by atoms with Crippen molar-refractivity contribution >= 4 is 30.1 Å². The fraction of sp³-hybridized carbons (Fsp3) is 0.261. The average Bonchev–Trinajstić information content (AvgIpc) is 2.89. The first-order valence-electron chi connectivity index (χ1n) is 10.9. The zero-order chi connectivity index (χ0) is 27.1. The molecule has 0 saturated heterocycles. The molecule has 1 N–H and O–H groups in total. The summed E-state index contributed by atoms with van der Waals surface area (Å²) in [7, 11) is -10.4. The maximum Gasteiger partial charge on any atom is 0.256 e. The van der Waals surface area contributed by atoms with Gasteiger partial charge in [-0.1, -0.05) is 28.0 Å². The first-order valence-corrected chi connectivity index (χ1v) is 15.5. The highest BCUT2D eigenvalue weighted by molar-refractivity contribution is 8.04. The second-order valence-corrected chi connectivity index (χ2v) is 13.5. The molecule has 0 unspecified atom stereocenters. The van der Waals surface area contributed by atoms with Gasteiger partial charge in [-0.3, -0.25) is 4.98 Å². The van der Waals surface area contributed by atoms with Crippen LogP contribution in [0.4, 0.5) is 0 Å². The monoisotopic (exact) mass is 569 g/mol. The van der Waals surface area contributed by atoms with Gasteiger partial charge < -0.3 is 9.47 Å². The number of benzene rings is 2. The Kier molecular flexibility index (Phi) is 9.26. The summed E-state index contributed by atoms with van der Waals surface area (Å²) in [6.07, 6.45) is 3.09. The number of pyridine rings is 1. The summed E-state index contributed by atoms with van der Waals surface area (Å²) in [5, 5.41) is 0. The molecule has 0 spiro atoms. The van der Waals surface area contributed by atoms with Crippen LogP contribution in [0.15, 0.2) is 82.8 Å². The fourth-order valence-electron chi connectivity index (χ4n) is 3.36. The third kappa shape index (κ3) is 7.05. The zero-order valence-electron chi connectivity index (χ0n) is 20.1. The number of hydrogen-bond acceptors (Lipinski definition) is 9. The molecule has 1 aromatic heterocycles. The molecule has 0 amide bonds. The summed E-state index contributed by atoms with van der Waals surface area (Å²) in [5.74, 6) is -0.427. The van der Waals surface area contributed by atoms with Gasteiger partial charge >= 0.3 is 0 Å². The number of aromatic nitrogens is 1. The largest absolute Gasteiger partial charge is 0.493 e. The minimum Gasteiger partial charge on any atom is -0.493 e. The van der Waals surface area contributed by atoms with Crippen LogP contribution in [-0.2, 0) is 36.5 Å². The second-order valence-electron chi connectivity index (χ2n) is 7.66. The van der Waals surface area contributed by atoms with Crippen molar-refractivity contribution in [1.29, 1.82) is 0 Å². The number of methoxy groups -OCH3 is 2. The van der Waals surface area contributed by atoms with Crippen molar-refractivity contribution in [3.05, 3.63) is 78.6 Å². The molecule has 0 bridgehead atoms. The van der Waals surface area contributed by atoms with Crippen molar-refractivity contribution < 1.29 is 34.7 Å². The van der Waals surface area contributed by atoms with E-state index in [0.717, 1.165) is 0 Å². The van der Waals surface area contributed by atoms with E-state index in [4.69, 9.17) is 9.47 Å². The molecule has 11 nitrogen and oxygen atoms in total. The van der Waals surface area contributed by atoms with Gasteiger partial charge in [-0.25, -0.2) is 30.0 Å². The van der Waals surface area contributed by atoms with E-state index in [1.807, 2.05) is 0 Å². The van der Waals surface area contributed by atoms with Gasteiger partial charge in [0, 0.05) is 31.5 Å². The highest BCUT2D eigenvalue weighted by atomic mass is 32.3. The Bertz CT molecular complexity index is 1510. The van der Waals surface area contributed by atoms with E-state index in [1.165, 1.54) is 69.1 Å². The molecule has 0 fully saturated rings. The first kappa shape index (κ1) is 28.5. The number of nitrogens with zero attached hydrogens (tertiary/aromatic N) is 2. The Morgan fingerprint density at radius 1 is 0.838 bits per heavy atom. The molecule has 0 aliphatic heterocycles. The quantitative estimate of drug-likeness (QED) is 0.324. The minimum absolute atomic E-state index is 0.0428. The fourth-order valence-corrected chi connectivity index (χ4v) is 8.22. The standard InChI is InChI=1S/C23H27N3O8S3/c1-33-22-11-10-21(17-23(22)34-2)37(31,32)26(15-12-19-7-6-13-24-18-19)35(27,28)16-14-25-36(29,30)20-8-4-3-5-9-20/h3-11,13,17-18,25H,12,14-16H2,1-2H3. The molecule has 0 aliphatic carbocycles. The Morgan fingerprint density at radius 3 is 2.16 bits per heavy atom. The lowest BCUT2D eigenvalue weighted by Gasteiger charge is -2.23. The van der Waals surface area contributed by atoms with Crippen LogP contribution < -0.4 is 14.2 Å². The van der Waals surface area contributed by atoms with Gasteiger partial charge in [0.1, 0.15) is 0 Å². The van der Waals surface area contributed by atoms with Crippen LogP contribution in [0.5, 0.6) is 11.5 Å². The predicted octanol–water partition coefficient (Wildman–Crippen LogP) is 1.64. The van der Waals surface area contributed by atoms with E-state index in [-0.39, 0.29) is 27.7 Å². The predicted molar refractivity (Wildman–Crippen MR) is 137 cm³/mol. The third-order valence-electron chi connectivity index (χ3n) is 5.24. The van der Waals surface area contributed by atoms with Gasteiger partial charge in [0.25, 0.3) is 10.0 Å². The molecule has 200 valence electrons. The third-order valence-corrected chi connectivity index (χ3v) is 11.1. The second kappa shape index (κ2) is 12.0. The lowest BCUT2D eigenvalue weighted by Crippen LogP contribution is -2.42. The molecule has 0 saturated carbocycles. The molecule has 2 aromatic carbocycles. The van der Waals surface area contributed by atoms with Crippen molar-refractivity contribution in [2.75, 3.05) is 33.1 Å². The van der Waals surface area contributed by atoms with E-state index in [1.54, 1.807) is 18.2 Å². The number of sulfonamides is 3. The summed E-state index contributed by atoms with van der Waals surface area (Å²) in [6, 6.07) is 14.5. The molecule has 3 aromatic rings. The average molecular weight is 570 g/mol. The van der Waals surface area contributed by atoms with E-state index < -0.39 is 48.9 Å². The van der Waals surface area contributed by atoms with E-state index in [9.17, 15) is 25.3 Å². The molecule has 0 atom stereocenters. The first-order chi connectivity index (χ1) is 17.5. The molecular weight excluding hydrogens is 542 g/mol. The van der Waals surface area contributed by atoms with Gasteiger partial charge in [-0.15, -0.1) is 0 Å². The van der Waals surface area contributed by atoms with Crippen LogP contribution in [0.3, 0.4) is 0 Å². The zero-order valence-corrected chi connectivity index (χ0v) is 22.6. The number of nitrogens with one attached hydrogen (secondary N) is 1. The van der Waals surface area contributed by atoms with E-state index in [0.29, 0.717) is 9.27 Å². The van der Waals surface area contributed by atoms with Gasteiger partial charge in [-0.05, 0) is 42.3 Å². The van der Waals surface area contributed by atoms with Gasteiger partial charge in [0.15, 0.2) is 11.5 Å².